The smallest absolute Gasteiger partial charge is 0.216 e. The molecule has 4 rings (SSSR count). The molecule has 2 heterocycles. The van der Waals surface area contributed by atoms with Crippen molar-refractivity contribution in [2.24, 2.45) is 5.10 Å². The van der Waals surface area contributed by atoms with Crippen LogP contribution in [-0.2, 0) is 0 Å². The Bertz CT molecular complexity index is 1220. The van der Waals surface area contributed by atoms with Crippen molar-refractivity contribution in [3.63, 3.8) is 0 Å². The number of benzene rings is 2. The molecule has 0 saturated heterocycles. The summed E-state index contributed by atoms with van der Waals surface area (Å²) in [5, 5.41) is 18.8. The fraction of sp³-hybridized carbons (Fsp3) is 0.0476. The second kappa shape index (κ2) is 8.49. The van der Waals surface area contributed by atoms with Crippen LogP contribution in [0.3, 0.4) is 0 Å². The third-order valence-corrected chi connectivity index (χ3v) is 4.49. The van der Waals surface area contributed by atoms with Gasteiger partial charge in [-0.2, -0.15) is 20.0 Å². The third-order valence-electron chi connectivity index (χ3n) is 4.22. The first-order valence-electron chi connectivity index (χ1n) is 8.89. The lowest BCUT2D eigenvalue weighted by atomic mass is 10.1. The minimum absolute atomic E-state index is 0.387. The SMILES string of the molecule is COc1ccccc1/C=C/C=N\n1c(-c2cc(-c3ccccc3)n[nH]2)n[nH]c1=S. The topological polar surface area (TPSA) is 83.9 Å². The second-order valence-corrected chi connectivity index (χ2v) is 6.45. The van der Waals surface area contributed by atoms with Crippen LogP contribution in [0.15, 0.2) is 71.8 Å². The number of aromatic nitrogens is 5. The zero-order valence-electron chi connectivity index (χ0n) is 15.6. The molecule has 0 atom stereocenters. The molecule has 144 valence electrons. The largest absolute Gasteiger partial charge is 0.496 e. The molecule has 0 saturated carbocycles. The summed E-state index contributed by atoms with van der Waals surface area (Å²) in [7, 11) is 1.64. The molecule has 4 aromatic rings. The molecular formula is C21H18N6OS. The molecule has 2 aromatic carbocycles. The Kier molecular flexibility index (Phi) is 5.44. The molecule has 0 aliphatic carbocycles. The Labute approximate surface area is 172 Å². The second-order valence-electron chi connectivity index (χ2n) is 6.06. The molecule has 0 aliphatic rings. The monoisotopic (exact) mass is 402 g/mol. The van der Waals surface area contributed by atoms with Crippen LogP contribution in [0.1, 0.15) is 5.56 Å². The molecule has 0 bridgehead atoms. The average Bonchev–Trinajstić information content (AvgIpc) is 3.39. The van der Waals surface area contributed by atoms with Crippen molar-refractivity contribution in [1.29, 1.82) is 0 Å². The number of nitrogens with one attached hydrogen (secondary N) is 2. The summed E-state index contributed by atoms with van der Waals surface area (Å²) < 4.78 is 7.27. The van der Waals surface area contributed by atoms with Gasteiger partial charge in [0.05, 0.1) is 12.8 Å². The molecule has 0 amide bonds. The Balaban J connectivity index is 1.58. The van der Waals surface area contributed by atoms with Crippen LogP contribution < -0.4 is 4.74 Å². The highest BCUT2D eigenvalue weighted by Gasteiger charge is 2.12. The lowest BCUT2D eigenvalue weighted by molar-refractivity contribution is 0.414. The summed E-state index contributed by atoms with van der Waals surface area (Å²) in [5.41, 5.74) is 3.50. The number of nitrogens with zero attached hydrogens (tertiary/aromatic N) is 4. The first kappa shape index (κ1) is 18.6. The van der Waals surface area contributed by atoms with Gasteiger partial charge in [-0.1, -0.05) is 48.5 Å². The van der Waals surface area contributed by atoms with Gasteiger partial charge >= 0.3 is 0 Å². The predicted molar refractivity (Wildman–Crippen MR) is 116 cm³/mol. The van der Waals surface area contributed by atoms with E-state index in [0.29, 0.717) is 16.3 Å². The van der Waals surface area contributed by atoms with E-state index in [1.807, 2.05) is 72.8 Å². The van der Waals surface area contributed by atoms with E-state index in [1.165, 1.54) is 0 Å². The number of H-pyrrole nitrogens is 2. The van der Waals surface area contributed by atoms with Crippen molar-refractivity contribution < 1.29 is 4.74 Å². The number of allylic oxidation sites excluding steroid dienone is 1. The average molecular weight is 402 g/mol. The van der Waals surface area contributed by atoms with E-state index in [1.54, 1.807) is 18.0 Å². The van der Waals surface area contributed by atoms with E-state index in [0.717, 1.165) is 22.6 Å². The molecule has 0 fully saturated rings. The lowest BCUT2D eigenvalue weighted by Gasteiger charge is -2.02. The van der Waals surface area contributed by atoms with Gasteiger partial charge in [0.2, 0.25) is 10.6 Å². The molecule has 8 heteroatoms. The van der Waals surface area contributed by atoms with Crippen molar-refractivity contribution in [3.8, 4) is 28.5 Å². The zero-order chi connectivity index (χ0) is 20.1. The van der Waals surface area contributed by atoms with Crippen molar-refractivity contribution in [1.82, 2.24) is 25.1 Å². The Hall–Kier alpha value is -3.78. The quantitative estimate of drug-likeness (QED) is 0.366. The predicted octanol–water partition coefficient (Wildman–Crippen LogP) is 4.55. The number of methoxy groups -OCH3 is 1. The molecule has 2 N–H and O–H groups in total. The van der Waals surface area contributed by atoms with Crippen molar-refractivity contribution in [2.75, 3.05) is 7.11 Å². The van der Waals surface area contributed by atoms with E-state index >= 15 is 0 Å². The van der Waals surface area contributed by atoms with Gasteiger partial charge in [-0.15, -0.1) is 0 Å². The molecule has 0 unspecified atom stereocenters. The van der Waals surface area contributed by atoms with Crippen molar-refractivity contribution >= 4 is 24.5 Å². The summed E-state index contributed by atoms with van der Waals surface area (Å²) in [6.07, 6.45) is 5.38. The van der Waals surface area contributed by atoms with E-state index < -0.39 is 0 Å². The standard InChI is InChI=1S/C21H18N6OS/c1-28-19-12-6-5-10-16(19)11-7-13-22-27-20(25-26-21(27)29)18-14-17(23-24-18)15-8-3-2-4-9-15/h2-14H,1H3,(H,23,24)(H,26,29)/b11-7+,22-13-. The van der Waals surface area contributed by atoms with Crippen LogP contribution >= 0.6 is 12.2 Å². The maximum absolute atomic E-state index is 5.34. The highest BCUT2D eigenvalue weighted by atomic mass is 32.1. The number of rotatable bonds is 6. The summed E-state index contributed by atoms with van der Waals surface area (Å²) in [6, 6.07) is 19.6. The van der Waals surface area contributed by atoms with Crippen LogP contribution in [0.2, 0.25) is 0 Å². The summed E-state index contributed by atoms with van der Waals surface area (Å²) in [5.74, 6) is 1.34. The number of aromatic amines is 2. The van der Waals surface area contributed by atoms with Crippen LogP contribution in [0.25, 0.3) is 28.9 Å². The summed E-state index contributed by atoms with van der Waals surface area (Å²) >= 11 is 5.31. The molecule has 7 nitrogen and oxygen atoms in total. The van der Waals surface area contributed by atoms with Gasteiger partial charge in [-0.05, 0) is 36.5 Å². The fourth-order valence-electron chi connectivity index (χ4n) is 2.82. The molecule has 29 heavy (non-hydrogen) atoms. The molecule has 0 aliphatic heterocycles. The molecule has 2 aromatic heterocycles. The summed E-state index contributed by atoms with van der Waals surface area (Å²) in [6.45, 7) is 0. The van der Waals surface area contributed by atoms with E-state index in [2.05, 4.69) is 25.5 Å². The van der Waals surface area contributed by atoms with Crippen LogP contribution in [0, 0.1) is 4.77 Å². The minimum Gasteiger partial charge on any atom is -0.496 e. The van der Waals surface area contributed by atoms with Gasteiger partial charge < -0.3 is 4.74 Å². The summed E-state index contributed by atoms with van der Waals surface area (Å²) in [4.78, 5) is 0. The normalized spacial score (nSPS) is 11.5. The number of ether oxygens (including phenoxy) is 1. The Morgan fingerprint density at radius 2 is 1.83 bits per heavy atom. The van der Waals surface area contributed by atoms with E-state index in [-0.39, 0.29) is 0 Å². The molecular weight excluding hydrogens is 384 g/mol. The first-order chi connectivity index (χ1) is 14.3. The van der Waals surface area contributed by atoms with Crippen LogP contribution in [0.4, 0.5) is 0 Å². The first-order valence-corrected chi connectivity index (χ1v) is 9.30. The minimum atomic E-state index is 0.387. The highest BCUT2D eigenvalue weighted by molar-refractivity contribution is 7.71. The van der Waals surface area contributed by atoms with Gasteiger partial charge in [-0.25, -0.2) is 5.10 Å². The van der Waals surface area contributed by atoms with Crippen molar-refractivity contribution in [3.05, 3.63) is 77.1 Å². The van der Waals surface area contributed by atoms with E-state index in [4.69, 9.17) is 17.0 Å². The maximum atomic E-state index is 5.34. The highest BCUT2D eigenvalue weighted by Crippen LogP contribution is 2.22. The van der Waals surface area contributed by atoms with Crippen LogP contribution in [-0.4, -0.2) is 38.4 Å². The Morgan fingerprint density at radius 1 is 1.03 bits per heavy atom. The maximum Gasteiger partial charge on any atom is 0.216 e. The lowest BCUT2D eigenvalue weighted by Crippen LogP contribution is -1.94. The fourth-order valence-corrected chi connectivity index (χ4v) is 3.00. The molecule has 0 spiro atoms. The van der Waals surface area contributed by atoms with Gasteiger partial charge in [0.15, 0.2) is 0 Å². The van der Waals surface area contributed by atoms with Gasteiger partial charge in [0.1, 0.15) is 11.4 Å². The number of hydrogen-bond donors (Lipinski definition) is 2. The number of hydrogen-bond acceptors (Lipinski definition) is 5. The van der Waals surface area contributed by atoms with Gasteiger partial charge in [0, 0.05) is 17.3 Å². The molecule has 0 radical (unpaired) electrons. The Morgan fingerprint density at radius 3 is 2.66 bits per heavy atom. The number of para-hydroxylation sites is 1. The van der Waals surface area contributed by atoms with Crippen molar-refractivity contribution in [2.45, 2.75) is 0 Å². The van der Waals surface area contributed by atoms with Gasteiger partial charge in [-0.3, -0.25) is 5.10 Å². The zero-order valence-corrected chi connectivity index (χ0v) is 16.4. The van der Waals surface area contributed by atoms with E-state index in [9.17, 15) is 0 Å². The third kappa shape index (κ3) is 4.07. The van der Waals surface area contributed by atoms with Gasteiger partial charge in [0.25, 0.3) is 0 Å². The van der Waals surface area contributed by atoms with Crippen LogP contribution in [0.5, 0.6) is 5.75 Å².